The van der Waals surface area contributed by atoms with E-state index in [1.807, 2.05) is 44.2 Å². The van der Waals surface area contributed by atoms with Gasteiger partial charge in [-0.05, 0) is 84.9 Å². The van der Waals surface area contributed by atoms with Crippen molar-refractivity contribution in [1.29, 1.82) is 0 Å². The number of ether oxygens (including phenoxy) is 4. The number of sulfonamides is 1. The highest BCUT2D eigenvalue weighted by Gasteiger charge is 2.56. The summed E-state index contributed by atoms with van der Waals surface area (Å²) in [6.45, 7) is 8.12. The Hall–Kier alpha value is -4.32. The van der Waals surface area contributed by atoms with E-state index in [-0.39, 0.29) is 54.5 Å². The Kier molecular flexibility index (Phi) is 13.9. The van der Waals surface area contributed by atoms with E-state index in [0.29, 0.717) is 30.1 Å². The molecular formula is C43H55N3O11S2. The Balaban J connectivity index is 1.10. The van der Waals surface area contributed by atoms with E-state index in [9.17, 15) is 33.0 Å². The van der Waals surface area contributed by atoms with Crippen LogP contribution in [-0.4, -0.2) is 105 Å². The summed E-state index contributed by atoms with van der Waals surface area (Å²) in [7, 11) is -2.55. The van der Waals surface area contributed by atoms with Gasteiger partial charge in [-0.1, -0.05) is 58.0 Å². The number of aliphatic hydroxyl groups is 1. The summed E-state index contributed by atoms with van der Waals surface area (Å²) in [5.41, 5.74) is 1.91. The molecule has 0 bridgehead atoms. The number of amides is 2. The fourth-order valence-corrected chi connectivity index (χ4v) is 10.9. The molecule has 3 aromatic rings. The molecule has 14 nitrogen and oxygen atoms in total. The zero-order valence-electron chi connectivity index (χ0n) is 34.1. The number of alkyl carbamates (subject to hydrolysis) is 1. The van der Waals surface area contributed by atoms with Gasteiger partial charge in [0.15, 0.2) is 5.79 Å². The summed E-state index contributed by atoms with van der Waals surface area (Å²) in [6, 6.07) is 14.3. The van der Waals surface area contributed by atoms with Crippen molar-refractivity contribution in [2.24, 2.45) is 17.3 Å². The van der Waals surface area contributed by atoms with Crippen LogP contribution in [0.2, 0.25) is 0 Å². The lowest BCUT2D eigenvalue weighted by molar-refractivity contribution is -0.192. The maximum Gasteiger partial charge on any atom is 0.407 e. The predicted octanol–water partition coefficient (Wildman–Crippen LogP) is 5.28. The van der Waals surface area contributed by atoms with Gasteiger partial charge in [0.1, 0.15) is 11.9 Å². The van der Waals surface area contributed by atoms with Crippen molar-refractivity contribution < 1.29 is 52.0 Å². The fourth-order valence-electron chi connectivity index (χ4n) is 8.09. The maximum atomic E-state index is 13.8. The fraction of sp³-hybridized carbons (Fsp3) is 0.512. The summed E-state index contributed by atoms with van der Waals surface area (Å²) >= 11 is 1.41. The first-order chi connectivity index (χ1) is 28.0. The van der Waals surface area contributed by atoms with Gasteiger partial charge in [0.25, 0.3) is 0 Å². The molecule has 1 aromatic heterocycles. The third-order valence-electron chi connectivity index (χ3n) is 11.2. The molecule has 16 heteroatoms. The summed E-state index contributed by atoms with van der Waals surface area (Å²) < 4.78 is 52.1. The molecule has 2 amide bonds. The highest BCUT2D eigenvalue weighted by molar-refractivity contribution is 7.89. The Morgan fingerprint density at radius 2 is 1.80 bits per heavy atom. The summed E-state index contributed by atoms with van der Waals surface area (Å²) in [5.74, 6) is -2.70. The van der Waals surface area contributed by atoms with E-state index in [2.05, 4.69) is 24.5 Å². The monoisotopic (exact) mass is 853 g/mol. The average Bonchev–Trinajstić information content (AvgIpc) is 3.87. The van der Waals surface area contributed by atoms with Gasteiger partial charge in [-0.15, -0.1) is 11.3 Å². The van der Waals surface area contributed by atoms with Crippen LogP contribution < -0.4 is 15.4 Å². The second kappa shape index (κ2) is 18.5. The largest absolute Gasteiger partial charge is 0.497 e. The molecule has 2 aromatic carbocycles. The standard InChI is InChI=1S/C43H55N3O11S2/c1-27(2)23-46(59(52,53)30-13-11-29(54-5)12-14-30)24-34(47)33(21-28-9-7-6-8-10-28)45-41(51)57-35-25-56-43(32(35)18-20-55-43)26-44-38(48)16-15-37-39(40(49)50)31-22-42(3,4)19-17-36(31)58-37/h6-16,27,32-35,47H,17-26H2,1-5H3,(H,44,48)(H,45,51)(H,49,50)/b16-15+/t32-,33-,34+,35-,43+/m0/s1. The van der Waals surface area contributed by atoms with Crippen LogP contribution in [0.5, 0.6) is 5.75 Å². The Morgan fingerprint density at radius 1 is 1.07 bits per heavy atom. The molecule has 59 heavy (non-hydrogen) atoms. The van der Waals surface area contributed by atoms with Gasteiger partial charge in [0, 0.05) is 28.9 Å². The lowest BCUT2D eigenvalue weighted by atomic mass is 9.76. The molecule has 0 radical (unpaired) electrons. The number of carbonyl (C=O) groups is 3. The van der Waals surface area contributed by atoms with Crippen molar-refractivity contribution in [2.45, 2.75) is 88.7 Å². The van der Waals surface area contributed by atoms with E-state index in [1.54, 1.807) is 18.2 Å². The van der Waals surface area contributed by atoms with Gasteiger partial charge in [0.2, 0.25) is 15.9 Å². The number of nitrogens with zero attached hydrogens (tertiary/aromatic N) is 1. The van der Waals surface area contributed by atoms with Crippen molar-refractivity contribution in [3.63, 3.8) is 0 Å². The number of carbonyl (C=O) groups excluding carboxylic acids is 2. The minimum absolute atomic E-state index is 0.00170. The number of carboxylic acids is 1. The minimum atomic E-state index is -4.04. The second-order valence-electron chi connectivity index (χ2n) is 16.6. The van der Waals surface area contributed by atoms with E-state index >= 15 is 0 Å². The number of aryl methyl sites for hydroxylation is 1. The van der Waals surface area contributed by atoms with Gasteiger partial charge >= 0.3 is 12.1 Å². The van der Waals surface area contributed by atoms with Crippen LogP contribution in [0.1, 0.15) is 71.8 Å². The molecule has 6 rings (SSSR count). The lowest BCUT2D eigenvalue weighted by Gasteiger charge is -2.31. The van der Waals surface area contributed by atoms with Crippen LogP contribution in [0, 0.1) is 17.3 Å². The molecule has 5 atom stereocenters. The van der Waals surface area contributed by atoms with Crippen molar-refractivity contribution in [1.82, 2.24) is 14.9 Å². The molecule has 0 spiro atoms. The first-order valence-corrected chi connectivity index (χ1v) is 22.2. The van der Waals surface area contributed by atoms with Gasteiger partial charge < -0.3 is 39.8 Å². The summed E-state index contributed by atoms with van der Waals surface area (Å²) in [4.78, 5) is 40.5. The molecule has 2 aliphatic heterocycles. The molecule has 3 heterocycles. The van der Waals surface area contributed by atoms with Crippen molar-refractivity contribution in [2.75, 3.05) is 40.0 Å². The number of hydrogen-bond acceptors (Lipinski definition) is 11. The highest BCUT2D eigenvalue weighted by Crippen LogP contribution is 2.43. The number of nitrogens with one attached hydrogen (secondary N) is 2. The SMILES string of the molecule is COc1ccc(S(=O)(=O)N(CC(C)C)C[C@@H](O)[C@H](Cc2ccccc2)NC(=O)O[C@H]2CO[C@@]3(CNC(=O)/C=C/c4sc5c(c4C(=O)O)CC(C)(C)CC5)OCC[C@@H]23)cc1. The van der Waals surface area contributed by atoms with Crippen LogP contribution >= 0.6 is 11.3 Å². The topological polar surface area (TPSA) is 190 Å². The number of aliphatic hydroxyl groups excluding tert-OH is 1. The molecule has 2 fully saturated rings. The maximum absolute atomic E-state index is 13.8. The van der Waals surface area contributed by atoms with Crippen molar-refractivity contribution >= 4 is 45.4 Å². The molecule has 0 unspecified atom stereocenters. The molecule has 320 valence electrons. The van der Waals surface area contributed by atoms with Gasteiger partial charge in [-0.3, -0.25) is 4.79 Å². The molecule has 2 saturated heterocycles. The Morgan fingerprint density at radius 3 is 2.47 bits per heavy atom. The van der Waals surface area contributed by atoms with E-state index in [0.717, 1.165) is 28.8 Å². The number of fused-ring (bicyclic) bond motifs is 2. The van der Waals surface area contributed by atoms with Gasteiger partial charge in [-0.25, -0.2) is 18.0 Å². The number of benzene rings is 2. The first kappa shape index (κ1) is 44.2. The molecule has 4 N–H and O–H groups in total. The molecule has 0 saturated carbocycles. The highest BCUT2D eigenvalue weighted by atomic mass is 32.2. The van der Waals surface area contributed by atoms with Gasteiger partial charge in [0.05, 0.1) is 55.4 Å². The third-order valence-corrected chi connectivity index (χ3v) is 14.3. The van der Waals surface area contributed by atoms with Crippen LogP contribution in [0.15, 0.2) is 65.6 Å². The quantitative estimate of drug-likeness (QED) is 0.129. The second-order valence-corrected chi connectivity index (χ2v) is 19.7. The normalized spacial score (nSPS) is 22.2. The molecule has 1 aliphatic carbocycles. The average molecular weight is 854 g/mol. The number of carboxylic acid groups (broad SMARTS) is 1. The van der Waals surface area contributed by atoms with Gasteiger partial charge in [-0.2, -0.15) is 4.31 Å². The molecular weight excluding hydrogens is 799 g/mol. The Bertz CT molecular complexity index is 2100. The minimum Gasteiger partial charge on any atom is -0.497 e. The van der Waals surface area contributed by atoms with Crippen molar-refractivity contribution in [3.8, 4) is 5.75 Å². The Labute approximate surface area is 349 Å². The third kappa shape index (κ3) is 10.5. The van der Waals surface area contributed by atoms with E-state index in [4.69, 9.17) is 18.9 Å². The lowest BCUT2D eigenvalue weighted by Crippen LogP contribution is -2.52. The summed E-state index contributed by atoms with van der Waals surface area (Å²) in [5, 5.41) is 27.3. The zero-order chi connectivity index (χ0) is 42.5. The number of thiophene rings is 1. The number of methoxy groups -OCH3 is 1. The van der Waals surface area contributed by atoms with Crippen molar-refractivity contribution in [3.05, 3.63) is 87.1 Å². The summed E-state index contributed by atoms with van der Waals surface area (Å²) in [6.07, 6.45) is 3.07. The zero-order valence-corrected chi connectivity index (χ0v) is 35.8. The van der Waals surface area contributed by atoms with Crippen LogP contribution in [0.4, 0.5) is 4.79 Å². The first-order valence-electron chi connectivity index (χ1n) is 20.0. The number of aromatic carboxylic acids is 1. The number of hydrogen-bond donors (Lipinski definition) is 4. The molecule has 3 aliphatic rings. The number of rotatable bonds is 17. The smallest absolute Gasteiger partial charge is 0.407 e. The van der Waals surface area contributed by atoms with E-state index < -0.39 is 57.9 Å². The van der Waals surface area contributed by atoms with Crippen LogP contribution in [0.25, 0.3) is 6.08 Å². The predicted molar refractivity (Wildman–Crippen MR) is 222 cm³/mol. The van der Waals surface area contributed by atoms with E-state index in [1.165, 1.54) is 41.0 Å². The van der Waals surface area contributed by atoms with Crippen LogP contribution in [0.3, 0.4) is 0 Å². The van der Waals surface area contributed by atoms with Crippen LogP contribution in [-0.2, 0) is 48.3 Å².